The Labute approximate surface area is 245 Å². The monoisotopic (exact) mass is 595 g/mol. The van der Waals surface area contributed by atoms with Crippen molar-refractivity contribution in [1.82, 2.24) is 9.47 Å². The van der Waals surface area contributed by atoms with Gasteiger partial charge in [0.2, 0.25) is 0 Å². The van der Waals surface area contributed by atoms with Gasteiger partial charge in [-0.25, -0.2) is 4.99 Å². The number of likely N-dealkylation sites (N-methyl/N-ethyl adjacent to an activating group) is 1. The van der Waals surface area contributed by atoms with Gasteiger partial charge in [-0.1, -0.05) is 52.7 Å². The number of hydrogen-bond acceptors (Lipinski definition) is 6. The molecule has 0 radical (unpaired) electrons. The first-order valence-electron chi connectivity index (χ1n) is 12.8. The van der Waals surface area contributed by atoms with E-state index in [-0.39, 0.29) is 11.5 Å². The highest BCUT2D eigenvalue weighted by molar-refractivity contribution is 7.07. The number of carbonyl (C=O) groups excluding carboxylic acids is 1. The molecule has 0 spiro atoms. The first kappa shape index (κ1) is 28.0. The van der Waals surface area contributed by atoms with E-state index in [4.69, 9.17) is 37.3 Å². The first-order chi connectivity index (χ1) is 19.3. The zero-order chi connectivity index (χ0) is 28.6. The highest BCUT2D eigenvalue weighted by Gasteiger charge is 2.35. The summed E-state index contributed by atoms with van der Waals surface area (Å²) in [4.78, 5) is 34.7. The number of rotatable bonds is 7. The second-order valence-corrected chi connectivity index (χ2v) is 11.0. The maximum atomic E-state index is 14.0. The van der Waals surface area contributed by atoms with Gasteiger partial charge < -0.3 is 14.1 Å². The van der Waals surface area contributed by atoms with Crippen LogP contribution >= 0.6 is 34.5 Å². The third-order valence-electron chi connectivity index (χ3n) is 6.84. The van der Waals surface area contributed by atoms with E-state index in [0.29, 0.717) is 66.6 Å². The number of hydrogen-bond donors (Lipinski definition) is 0. The van der Waals surface area contributed by atoms with Crippen LogP contribution in [0.3, 0.4) is 0 Å². The lowest BCUT2D eigenvalue weighted by molar-refractivity contribution is -0.127. The number of ether oxygens (including phenoxy) is 1. The number of thiazole rings is 1. The van der Waals surface area contributed by atoms with Crippen molar-refractivity contribution < 1.29 is 13.9 Å². The lowest BCUT2D eigenvalue weighted by Crippen LogP contribution is -2.43. The standard InChI is InChI=1S/C30H27Cl2N3O4S/c1-5-34(6-2)29(37)26-17(3)33-30-35(27(26)20-9-7-8-10-24(20)38-4)28(36)25(40-30)16-19-12-14-23(39-19)18-11-13-21(31)22(32)15-18/h7-16,27H,5-6H2,1-4H3/b25-16+/t27-/m1/s1. The quantitative estimate of drug-likeness (QED) is 0.275. The van der Waals surface area contributed by atoms with Gasteiger partial charge in [0.05, 0.1) is 33.0 Å². The van der Waals surface area contributed by atoms with E-state index in [1.54, 1.807) is 40.9 Å². The number of aromatic nitrogens is 1. The summed E-state index contributed by atoms with van der Waals surface area (Å²) in [6.45, 7) is 6.75. The van der Waals surface area contributed by atoms with Gasteiger partial charge in [-0.3, -0.25) is 14.2 Å². The first-order valence-corrected chi connectivity index (χ1v) is 14.3. The molecule has 10 heteroatoms. The van der Waals surface area contributed by atoms with Crippen molar-refractivity contribution in [2.45, 2.75) is 26.8 Å². The van der Waals surface area contributed by atoms with Crippen molar-refractivity contribution in [2.75, 3.05) is 20.2 Å². The number of benzene rings is 2. The summed E-state index contributed by atoms with van der Waals surface area (Å²) < 4.78 is 13.7. The van der Waals surface area contributed by atoms with E-state index in [9.17, 15) is 9.59 Å². The molecule has 3 heterocycles. The van der Waals surface area contributed by atoms with E-state index < -0.39 is 6.04 Å². The van der Waals surface area contributed by atoms with Crippen LogP contribution in [0.1, 0.15) is 38.1 Å². The normalized spacial score (nSPS) is 15.2. The topological polar surface area (TPSA) is 77.0 Å². The van der Waals surface area contributed by atoms with Crippen LogP contribution in [0, 0.1) is 0 Å². The molecular formula is C30H27Cl2N3O4S. The molecule has 0 N–H and O–H groups in total. The van der Waals surface area contributed by atoms with E-state index in [0.717, 1.165) is 5.56 Å². The highest BCUT2D eigenvalue weighted by atomic mass is 35.5. The molecule has 40 heavy (non-hydrogen) atoms. The SMILES string of the molecule is CCN(CC)C(=O)C1=C(C)N=c2s/c(=C/c3ccc(-c4ccc(Cl)c(Cl)c4)o3)c(=O)n2[C@@H]1c1ccccc1OC. The Kier molecular flexibility index (Phi) is 8.03. The Morgan fingerprint density at radius 1 is 1.12 bits per heavy atom. The molecule has 1 amide bonds. The fraction of sp³-hybridized carbons (Fsp3) is 0.233. The largest absolute Gasteiger partial charge is 0.496 e. The summed E-state index contributed by atoms with van der Waals surface area (Å²) in [5.74, 6) is 1.51. The number of methoxy groups -OCH3 is 1. The average Bonchev–Trinajstić information content (AvgIpc) is 3.54. The third kappa shape index (κ3) is 5.03. The molecule has 2 aromatic heterocycles. The van der Waals surface area contributed by atoms with Crippen molar-refractivity contribution in [3.63, 3.8) is 0 Å². The van der Waals surface area contributed by atoms with E-state index in [2.05, 4.69) is 0 Å². The number of furan rings is 1. The summed E-state index contributed by atoms with van der Waals surface area (Å²) in [5.41, 5.74) is 2.22. The van der Waals surface area contributed by atoms with Gasteiger partial charge in [0.25, 0.3) is 11.5 Å². The molecule has 0 saturated heterocycles. The molecular weight excluding hydrogens is 569 g/mol. The van der Waals surface area contributed by atoms with E-state index >= 15 is 0 Å². The lowest BCUT2D eigenvalue weighted by Gasteiger charge is -2.29. The lowest BCUT2D eigenvalue weighted by atomic mass is 9.94. The van der Waals surface area contributed by atoms with Gasteiger partial charge in [-0.15, -0.1) is 0 Å². The van der Waals surface area contributed by atoms with E-state index in [1.807, 2.05) is 57.2 Å². The molecule has 0 bridgehead atoms. The van der Waals surface area contributed by atoms with Crippen LogP contribution in [-0.4, -0.2) is 35.6 Å². The van der Waals surface area contributed by atoms with Crippen molar-refractivity contribution in [2.24, 2.45) is 4.99 Å². The minimum Gasteiger partial charge on any atom is -0.496 e. The Bertz CT molecular complexity index is 1810. The van der Waals surface area contributed by atoms with Crippen molar-refractivity contribution in [3.8, 4) is 17.1 Å². The van der Waals surface area contributed by atoms with Crippen LogP contribution in [0.15, 0.2) is 80.1 Å². The molecule has 206 valence electrons. The minimum atomic E-state index is -0.703. The van der Waals surface area contributed by atoms with Gasteiger partial charge in [0.15, 0.2) is 4.80 Å². The summed E-state index contributed by atoms with van der Waals surface area (Å²) in [7, 11) is 1.58. The number of halogens is 2. The predicted molar refractivity (Wildman–Crippen MR) is 159 cm³/mol. The molecule has 4 aromatic rings. The molecule has 0 aliphatic carbocycles. The molecule has 0 fully saturated rings. The van der Waals surface area contributed by atoms with Crippen LogP contribution < -0.4 is 19.6 Å². The smallest absolute Gasteiger partial charge is 0.271 e. The summed E-state index contributed by atoms with van der Waals surface area (Å²) >= 11 is 13.5. The molecule has 0 unspecified atom stereocenters. The fourth-order valence-corrected chi connectivity index (χ4v) is 6.15. The number of carbonyl (C=O) groups is 1. The molecule has 0 saturated carbocycles. The van der Waals surface area contributed by atoms with Crippen molar-refractivity contribution in [3.05, 3.63) is 107 Å². The van der Waals surface area contributed by atoms with Crippen LogP contribution in [0.4, 0.5) is 0 Å². The molecule has 5 rings (SSSR count). The van der Waals surface area contributed by atoms with Gasteiger partial charge in [0.1, 0.15) is 23.3 Å². The van der Waals surface area contributed by atoms with Crippen molar-refractivity contribution >= 4 is 46.5 Å². The second kappa shape index (κ2) is 11.5. The maximum Gasteiger partial charge on any atom is 0.271 e. The Morgan fingerprint density at radius 3 is 2.58 bits per heavy atom. The third-order valence-corrected chi connectivity index (χ3v) is 8.56. The zero-order valence-corrected chi connectivity index (χ0v) is 24.7. The Balaban J connectivity index is 1.66. The molecule has 7 nitrogen and oxygen atoms in total. The number of allylic oxidation sites excluding steroid dienone is 1. The van der Waals surface area contributed by atoms with Gasteiger partial charge in [-0.2, -0.15) is 0 Å². The number of fused-ring (bicyclic) bond motifs is 1. The Morgan fingerprint density at radius 2 is 1.88 bits per heavy atom. The molecule has 1 aliphatic rings. The summed E-state index contributed by atoms with van der Waals surface area (Å²) in [6.07, 6.45) is 1.69. The van der Waals surface area contributed by atoms with Gasteiger partial charge in [-0.05, 0) is 57.2 Å². The number of para-hydroxylation sites is 1. The number of nitrogens with zero attached hydrogens (tertiary/aromatic N) is 3. The summed E-state index contributed by atoms with van der Waals surface area (Å²) in [6, 6.07) is 15.6. The van der Waals surface area contributed by atoms with Crippen LogP contribution in [0.25, 0.3) is 17.4 Å². The maximum absolute atomic E-state index is 14.0. The molecule has 1 aliphatic heterocycles. The van der Waals surface area contributed by atoms with Crippen LogP contribution in [0.5, 0.6) is 5.75 Å². The van der Waals surface area contributed by atoms with E-state index in [1.165, 1.54) is 11.3 Å². The van der Waals surface area contributed by atoms with Crippen LogP contribution in [-0.2, 0) is 4.79 Å². The van der Waals surface area contributed by atoms with Crippen LogP contribution in [0.2, 0.25) is 10.0 Å². The summed E-state index contributed by atoms with van der Waals surface area (Å²) in [5, 5.41) is 0.879. The average molecular weight is 597 g/mol. The molecule has 1 atom stereocenters. The highest BCUT2D eigenvalue weighted by Crippen LogP contribution is 2.36. The Hall–Kier alpha value is -3.59. The predicted octanol–water partition coefficient (Wildman–Crippen LogP) is 5.68. The molecule has 2 aromatic carbocycles. The second-order valence-electron chi connectivity index (χ2n) is 9.13. The van der Waals surface area contributed by atoms with Crippen molar-refractivity contribution in [1.29, 1.82) is 0 Å². The zero-order valence-electron chi connectivity index (χ0n) is 22.4. The number of amides is 1. The minimum absolute atomic E-state index is 0.159. The van der Waals surface area contributed by atoms with Gasteiger partial charge in [0, 0.05) is 30.3 Å². The fourth-order valence-electron chi connectivity index (χ4n) is 4.83. The van der Waals surface area contributed by atoms with Gasteiger partial charge >= 0.3 is 0 Å².